The molecule has 1 heterocycles. The second-order valence-electron chi connectivity index (χ2n) is 3.03. The highest BCUT2D eigenvalue weighted by atomic mass is 32.7. The fourth-order valence-corrected chi connectivity index (χ4v) is 5.67. The monoisotopic (exact) mass is 195 g/mol. The Morgan fingerprint density at radius 3 is 2.36 bits per heavy atom. The van der Waals surface area contributed by atoms with Gasteiger partial charge in [0.05, 0.1) is 6.10 Å². The summed E-state index contributed by atoms with van der Waals surface area (Å²) in [6, 6.07) is 0. The van der Waals surface area contributed by atoms with Crippen LogP contribution in [-0.4, -0.2) is 17.2 Å². The summed E-state index contributed by atoms with van der Waals surface area (Å²) in [5.41, 5.74) is 5.61. The fraction of sp³-hybridized carbons (Fsp3) is 1.00. The first-order chi connectivity index (χ1) is 4.93. The van der Waals surface area contributed by atoms with E-state index in [-0.39, 0.29) is 11.9 Å². The predicted octanol–water partition coefficient (Wildman–Crippen LogP) is 2.02. The smallest absolute Gasteiger partial charge is 0.228 e. The van der Waals surface area contributed by atoms with Gasteiger partial charge in [0.1, 0.15) is 0 Å². The second-order valence-corrected chi connectivity index (χ2v) is 8.33. The normalized spacial score (nSPS) is 35.4. The van der Waals surface area contributed by atoms with Gasteiger partial charge in [0.25, 0.3) is 0 Å². The molecule has 1 aliphatic rings. The third-order valence-corrected chi connectivity index (χ3v) is 6.29. The molecule has 0 amide bonds. The molecule has 0 radical (unpaired) electrons. The van der Waals surface area contributed by atoms with Gasteiger partial charge in [0.15, 0.2) is 5.85 Å². The zero-order valence-corrected chi connectivity index (χ0v) is 8.69. The first-order valence-electron chi connectivity index (χ1n) is 3.65. The lowest BCUT2D eigenvalue weighted by Crippen LogP contribution is -2.02. The van der Waals surface area contributed by atoms with Crippen LogP contribution < -0.4 is 5.50 Å². The van der Waals surface area contributed by atoms with E-state index in [0.29, 0.717) is 5.25 Å². The van der Waals surface area contributed by atoms with Gasteiger partial charge in [-0.2, -0.15) is 0 Å². The Balaban J connectivity index is 2.47. The molecular weight excluding hydrogens is 181 g/mol. The summed E-state index contributed by atoms with van der Waals surface area (Å²) in [5, 5.41) is 0.308. The maximum absolute atomic E-state index is 11.6. The first kappa shape index (κ1) is 9.59. The minimum atomic E-state index is -2.57. The minimum absolute atomic E-state index is 0.0945. The van der Waals surface area contributed by atoms with Gasteiger partial charge >= 0.3 is 0 Å². The van der Waals surface area contributed by atoms with Gasteiger partial charge in [-0.1, -0.05) is 25.2 Å². The van der Waals surface area contributed by atoms with Crippen molar-refractivity contribution in [3.8, 4) is 0 Å². The van der Waals surface area contributed by atoms with Crippen LogP contribution in [0.4, 0.5) is 0 Å². The highest BCUT2D eigenvalue weighted by molar-refractivity contribution is 8.57. The van der Waals surface area contributed by atoms with Crippen molar-refractivity contribution in [2.45, 2.75) is 38.0 Å². The molecule has 1 fully saturated rings. The quantitative estimate of drug-likeness (QED) is 0.553. The molecule has 1 saturated heterocycles. The van der Waals surface area contributed by atoms with Crippen LogP contribution in [0.3, 0.4) is 0 Å². The third-order valence-electron chi connectivity index (χ3n) is 1.41. The molecule has 11 heavy (non-hydrogen) atoms. The number of nitrogens with two attached hydrogens (primary N) is 1. The standard InChI is InChI=1S/C6H14NO2PS/c1-4(2)11-10(7,8)6-5(3)9-6/h4-6H,1-3H3,(H2,7,8)/t5-,6+,10?/m1/s1. The fourth-order valence-electron chi connectivity index (χ4n) is 0.941. The number of ether oxygens (including phenoxy) is 1. The first-order valence-corrected chi connectivity index (χ1v) is 6.98. The van der Waals surface area contributed by atoms with Crippen molar-refractivity contribution in [3.63, 3.8) is 0 Å². The highest BCUT2D eigenvalue weighted by Gasteiger charge is 2.48. The number of rotatable bonds is 3. The maximum atomic E-state index is 11.6. The number of hydrogen-bond acceptors (Lipinski definition) is 3. The van der Waals surface area contributed by atoms with Crippen LogP contribution in [0.25, 0.3) is 0 Å². The number of epoxide rings is 1. The zero-order valence-electron chi connectivity index (χ0n) is 6.98. The molecule has 5 heteroatoms. The van der Waals surface area contributed by atoms with E-state index in [4.69, 9.17) is 10.2 Å². The minimum Gasteiger partial charge on any atom is -0.359 e. The molecule has 0 aliphatic carbocycles. The van der Waals surface area contributed by atoms with E-state index in [0.717, 1.165) is 0 Å². The predicted molar refractivity (Wildman–Crippen MR) is 48.9 cm³/mol. The highest BCUT2D eigenvalue weighted by Crippen LogP contribution is 2.64. The largest absolute Gasteiger partial charge is 0.359 e. The summed E-state index contributed by atoms with van der Waals surface area (Å²) in [4.78, 5) is 0. The van der Waals surface area contributed by atoms with Crippen LogP contribution in [0.1, 0.15) is 20.8 Å². The molecule has 0 bridgehead atoms. The second kappa shape index (κ2) is 3.09. The summed E-state index contributed by atoms with van der Waals surface area (Å²) in [6.45, 7) is 3.29. The van der Waals surface area contributed by atoms with Gasteiger partial charge < -0.3 is 4.74 Å². The average molecular weight is 195 g/mol. The van der Waals surface area contributed by atoms with Crippen LogP contribution in [0.15, 0.2) is 0 Å². The van der Waals surface area contributed by atoms with Crippen LogP contribution >= 0.6 is 17.9 Å². The molecule has 0 spiro atoms. The van der Waals surface area contributed by atoms with E-state index < -0.39 is 6.49 Å². The van der Waals surface area contributed by atoms with Crippen LogP contribution in [0.5, 0.6) is 0 Å². The number of hydrogen-bond donors (Lipinski definition) is 1. The van der Waals surface area contributed by atoms with Gasteiger partial charge in [-0.25, -0.2) is 0 Å². The SMILES string of the molecule is CC(C)SP(N)(=O)[C@@H]1O[C@@H]1C. The van der Waals surface area contributed by atoms with Gasteiger partial charge in [0, 0.05) is 5.25 Å². The molecular formula is C6H14NO2PS. The van der Waals surface area contributed by atoms with Crippen molar-refractivity contribution in [3.05, 3.63) is 0 Å². The van der Waals surface area contributed by atoms with Crippen LogP contribution in [0.2, 0.25) is 0 Å². The Kier molecular flexibility index (Phi) is 2.70. The van der Waals surface area contributed by atoms with Crippen molar-refractivity contribution in [1.29, 1.82) is 0 Å². The summed E-state index contributed by atoms with van der Waals surface area (Å²) in [5.74, 6) is -0.185. The third kappa shape index (κ3) is 2.48. The van der Waals surface area contributed by atoms with Crippen molar-refractivity contribution in [2.75, 3.05) is 0 Å². The van der Waals surface area contributed by atoms with Crippen molar-refractivity contribution < 1.29 is 9.30 Å². The van der Waals surface area contributed by atoms with Gasteiger partial charge in [-0.05, 0) is 6.92 Å². The van der Waals surface area contributed by atoms with Crippen molar-refractivity contribution >= 4 is 17.9 Å². The Labute approximate surface area is 71.2 Å². The van der Waals surface area contributed by atoms with Gasteiger partial charge in [-0.15, -0.1) is 0 Å². The lowest BCUT2D eigenvalue weighted by Gasteiger charge is -2.11. The van der Waals surface area contributed by atoms with E-state index in [1.54, 1.807) is 0 Å². The lowest BCUT2D eigenvalue weighted by atomic mass is 10.6. The van der Waals surface area contributed by atoms with E-state index in [2.05, 4.69) is 0 Å². The van der Waals surface area contributed by atoms with E-state index in [1.165, 1.54) is 11.4 Å². The summed E-state index contributed by atoms with van der Waals surface area (Å²) < 4.78 is 16.7. The summed E-state index contributed by atoms with van der Waals surface area (Å²) in [7, 11) is 0. The molecule has 0 saturated carbocycles. The summed E-state index contributed by atoms with van der Waals surface area (Å²) in [6.07, 6.45) is 0.0945. The molecule has 0 aromatic carbocycles. The molecule has 0 aromatic rings. The van der Waals surface area contributed by atoms with E-state index in [1.807, 2.05) is 20.8 Å². The average Bonchev–Trinajstić information content (AvgIpc) is 2.42. The van der Waals surface area contributed by atoms with Crippen LogP contribution in [0, 0.1) is 0 Å². The van der Waals surface area contributed by atoms with E-state index in [9.17, 15) is 4.57 Å². The Morgan fingerprint density at radius 2 is 2.09 bits per heavy atom. The van der Waals surface area contributed by atoms with Gasteiger partial charge in [0.2, 0.25) is 6.49 Å². The zero-order chi connectivity index (χ0) is 8.65. The molecule has 1 rings (SSSR count). The Morgan fingerprint density at radius 1 is 1.64 bits per heavy atom. The Hall–Kier alpha value is 0.500. The molecule has 0 aromatic heterocycles. The molecule has 3 atom stereocenters. The van der Waals surface area contributed by atoms with E-state index >= 15 is 0 Å². The van der Waals surface area contributed by atoms with Crippen molar-refractivity contribution in [2.24, 2.45) is 5.50 Å². The van der Waals surface area contributed by atoms with Crippen LogP contribution in [-0.2, 0) is 9.30 Å². The van der Waals surface area contributed by atoms with Gasteiger partial charge in [-0.3, -0.25) is 10.1 Å². The lowest BCUT2D eigenvalue weighted by molar-refractivity contribution is 0.407. The molecule has 2 N–H and O–H groups in total. The molecule has 1 aliphatic heterocycles. The Bertz CT molecular complexity index is 197. The van der Waals surface area contributed by atoms with Crippen molar-refractivity contribution in [1.82, 2.24) is 0 Å². The topological polar surface area (TPSA) is 55.6 Å². The molecule has 66 valence electrons. The maximum Gasteiger partial charge on any atom is 0.228 e. The molecule has 3 nitrogen and oxygen atoms in total. The summed E-state index contributed by atoms with van der Waals surface area (Å²) >= 11 is 1.34. The molecule has 1 unspecified atom stereocenters.